The van der Waals surface area contributed by atoms with Crippen molar-refractivity contribution in [3.63, 3.8) is 0 Å². The van der Waals surface area contributed by atoms with Crippen LogP contribution in [0.4, 0.5) is 4.79 Å². The predicted octanol–water partition coefficient (Wildman–Crippen LogP) is 2.64. The number of phenols is 7. The quantitative estimate of drug-likeness (QED) is 0.177. The highest BCUT2D eigenvalue weighted by molar-refractivity contribution is 5.91. The lowest BCUT2D eigenvalue weighted by molar-refractivity contribution is -0.0189. The summed E-state index contributed by atoms with van der Waals surface area (Å²) in [7, 11) is 0. The largest absolute Gasteiger partial charge is 0.508 e. The van der Waals surface area contributed by atoms with Gasteiger partial charge in [-0.2, -0.15) is 0 Å². The van der Waals surface area contributed by atoms with Crippen molar-refractivity contribution in [1.29, 1.82) is 0 Å². The van der Waals surface area contributed by atoms with E-state index in [9.17, 15) is 45.3 Å². The highest BCUT2D eigenvalue weighted by atomic mass is 16.6. The van der Waals surface area contributed by atoms with Crippen molar-refractivity contribution in [1.82, 2.24) is 5.32 Å². The molecule has 3 aromatic carbocycles. The molecule has 8 N–H and O–H groups in total. The van der Waals surface area contributed by atoms with Crippen molar-refractivity contribution >= 4 is 12.1 Å². The van der Waals surface area contributed by atoms with Gasteiger partial charge >= 0.3 is 12.1 Å². The van der Waals surface area contributed by atoms with Crippen molar-refractivity contribution in [3.8, 4) is 51.7 Å². The summed E-state index contributed by atoms with van der Waals surface area (Å²) in [5.41, 5.74) is -0.0775. The predicted molar refractivity (Wildman–Crippen MR) is 127 cm³/mol. The van der Waals surface area contributed by atoms with Crippen LogP contribution in [0.2, 0.25) is 0 Å². The summed E-state index contributed by atoms with van der Waals surface area (Å²) in [5, 5.41) is 72.3. The number of rotatable bonds is 5. The van der Waals surface area contributed by atoms with Gasteiger partial charge in [-0.3, -0.25) is 0 Å². The Balaban J connectivity index is 1.70. The van der Waals surface area contributed by atoms with E-state index in [4.69, 9.17) is 14.2 Å². The molecule has 0 spiro atoms. The fourth-order valence-electron chi connectivity index (χ4n) is 3.90. The third kappa shape index (κ3) is 5.02. The van der Waals surface area contributed by atoms with Gasteiger partial charge in [-0.25, -0.2) is 9.59 Å². The number of ether oxygens (including phenoxy) is 3. The first kappa shape index (κ1) is 25.9. The first-order valence-corrected chi connectivity index (χ1v) is 11.2. The molecule has 3 aromatic rings. The van der Waals surface area contributed by atoms with Crippen LogP contribution in [-0.4, -0.2) is 60.5 Å². The van der Waals surface area contributed by atoms with E-state index < -0.39 is 58.8 Å². The SMILES string of the molecule is CCNC(=O)Oc1cc(C(=O)O[C@@H]2Cc3c(O)cc(O)cc3O[C@@H]2c2cc(O)c(O)c(O)c2)cc(O)c1O. The van der Waals surface area contributed by atoms with Crippen LogP contribution in [0.5, 0.6) is 51.7 Å². The third-order valence-electron chi connectivity index (χ3n) is 5.66. The van der Waals surface area contributed by atoms with Gasteiger partial charge in [0.25, 0.3) is 0 Å². The molecule has 200 valence electrons. The van der Waals surface area contributed by atoms with Crippen LogP contribution in [0, 0.1) is 0 Å². The molecule has 2 atom stereocenters. The average Bonchev–Trinajstić information content (AvgIpc) is 2.85. The van der Waals surface area contributed by atoms with E-state index >= 15 is 0 Å². The fraction of sp³-hybridized carbons (Fsp3) is 0.200. The minimum absolute atomic E-state index is 0.0340. The maximum atomic E-state index is 13.1. The summed E-state index contributed by atoms with van der Waals surface area (Å²) < 4.78 is 16.4. The monoisotopic (exact) mass is 529 g/mol. The number of fused-ring (bicyclic) bond motifs is 1. The zero-order chi connectivity index (χ0) is 27.7. The zero-order valence-electron chi connectivity index (χ0n) is 19.7. The maximum Gasteiger partial charge on any atom is 0.412 e. The Bertz CT molecular complexity index is 1400. The van der Waals surface area contributed by atoms with E-state index in [-0.39, 0.29) is 46.9 Å². The van der Waals surface area contributed by atoms with E-state index in [1.165, 1.54) is 6.07 Å². The molecule has 13 heteroatoms. The number of aromatic hydroxyl groups is 7. The van der Waals surface area contributed by atoms with Gasteiger partial charge in [0.05, 0.1) is 5.56 Å². The van der Waals surface area contributed by atoms with Crippen LogP contribution in [0.3, 0.4) is 0 Å². The number of benzene rings is 3. The first-order valence-electron chi connectivity index (χ1n) is 11.2. The lowest BCUT2D eigenvalue weighted by Crippen LogP contribution is -2.34. The second-order valence-corrected chi connectivity index (χ2v) is 8.30. The van der Waals surface area contributed by atoms with Crippen molar-refractivity contribution in [3.05, 3.63) is 53.1 Å². The number of carbonyl (C=O) groups excluding carboxylic acids is 2. The molecule has 4 rings (SSSR count). The molecule has 0 bridgehead atoms. The molecule has 0 unspecified atom stereocenters. The van der Waals surface area contributed by atoms with E-state index in [1.807, 2.05) is 0 Å². The van der Waals surface area contributed by atoms with Crippen molar-refractivity contribution in [2.75, 3.05) is 6.54 Å². The van der Waals surface area contributed by atoms with Gasteiger partial charge < -0.3 is 55.3 Å². The van der Waals surface area contributed by atoms with E-state index in [0.717, 1.165) is 30.3 Å². The van der Waals surface area contributed by atoms with Crippen LogP contribution in [-0.2, 0) is 11.2 Å². The van der Waals surface area contributed by atoms with Gasteiger partial charge in [-0.15, -0.1) is 0 Å². The molecule has 0 saturated heterocycles. The summed E-state index contributed by atoms with van der Waals surface area (Å²) in [5.74, 6) is -5.94. The van der Waals surface area contributed by atoms with Gasteiger partial charge in [-0.05, 0) is 31.2 Å². The maximum absolute atomic E-state index is 13.1. The number of carbonyl (C=O) groups is 2. The Morgan fingerprint density at radius 3 is 2.21 bits per heavy atom. The molecule has 0 saturated carbocycles. The van der Waals surface area contributed by atoms with Crippen molar-refractivity contribution in [2.45, 2.75) is 25.6 Å². The van der Waals surface area contributed by atoms with Gasteiger partial charge in [0.2, 0.25) is 5.75 Å². The lowest BCUT2D eigenvalue weighted by atomic mass is 9.93. The fourth-order valence-corrected chi connectivity index (χ4v) is 3.90. The van der Waals surface area contributed by atoms with Gasteiger partial charge in [0.1, 0.15) is 23.4 Å². The molecule has 38 heavy (non-hydrogen) atoms. The minimum Gasteiger partial charge on any atom is -0.508 e. The van der Waals surface area contributed by atoms with E-state index in [2.05, 4.69) is 5.32 Å². The number of amides is 1. The third-order valence-corrected chi connectivity index (χ3v) is 5.66. The standard InChI is InChI=1S/C25H23NO12/c1-2-26-25(35)38-19-6-11(5-17(31)22(19)33)24(34)37-20-9-13-14(28)7-12(27)8-18(13)36-23(20)10-3-15(29)21(32)16(30)4-10/h3-8,20,23,27-33H,2,9H2,1H3,(H,26,35)/t20-,23-/m1/s1. The topological polar surface area (TPSA) is 215 Å². The summed E-state index contributed by atoms with van der Waals surface area (Å²) >= 11 is 0. The average molecular weight is 529 g/mol. The van der Waals surface area contributed by atoms with E-state index in [0.29, 0.717) is 0 Å². The molecule has 0 fully saturated rings. The second-order valence-electron chi connectivity index (χ2n) is 8.30. The number of esters is 1. The zero-order valence-corrected chi connectivity index (χ0v) is 19.7. The number of hydrogen-bond donors (Lipinski definition) is 8. The molecule has 1 aliphatic rings. The number of nitrogens with one attached hydrogen (secondary N) is 1. The molecule has 0 aromatic heterocycles. The Hall–Kier alpha value is -5.20. The van der Waals surface area contributed by atoms with Crippen LogP contribution in [0.25, 0.3) is 0 Å². The molecule has 0 radical (unpaired) electrons. The van der Waals surface area contributed by atoms with Crippen molar-refractivity contribution < 1.29 is 59.5 Å². The highest BCUT2D eigenvalue weighted by Gasteiger charge is 2.37. The van der Waals surface area contributed by atoms with Gasteiger partial charge in [-0.1, -0.05) is 0 Å². The van der Waals surface area contributed by atoms with Gasteiger partial charge in [0, 0.05) is 36.2 Å². The summed E-state index contributed by atoms with van der Waals surface area (Å²) in [4.78, 5) is 24.9. The Morgan fingerprint density at radius 1 is 0.895 bits per heavy atom. The summed E-state index contributed by atoms with van der Waals surface area (Å²) in [6.07, 6.45) is -3.55. The smallest absolute Gasteiger partial charge is 0.412 e. The van der Waals surface area contributed by atoms with Crippen LogP contribution in [0.1, 0.15) is 34.5 Å². The first-order chi connectivity index (χ1) is 18.0. The van der Waals surface area contributed by atoms with Crippen LogP contribution in [0.15, 0.2) is 36.4 Å². The van der Waals surface area contributed by atoms with Crippen LogP contribution >= 0.6 is 0 Å². The summed E-state index contributed by atoms with van der Waals surface area (Å²) in [6, 6.07) is 6.25. The van der Waals surface area contributed by atoms with Crippen LogP contribution < -0.4 is 14.8 Å². The number of phenolic OH excluding ortho intramolecular Hbond substituents is 7. The van der Waals surface area contributed by atoms with Gasteiger partial charge in [0.15, 0.2) is 34.9 Å². The van der Waals surface area contributed by atoms with E-state index in [1.54, 1.807) is 6.92 Å². The molecular weight excluding hydrogens is 506 g/mol. The Kier molecular flexibility index (Phi) is 6.84. The minimum atomic E-state index is -1.22. The Morgan fingerprint density at radius 2 is 1.55 bits per heavy atom. The molecule has 1 heterocycles. The molecule has 13 nitrogen and oxygen atoms in total. The normalized spacial score (nSPS) is 16.1. The molecule has 1 aliphatic heterocycles. The Labute approximate surface area is 214 Å². The summed E-state index contributed by atoms with van der Waals surface area (Å²) in [6.45, 7) is 1.84. The highest BCUT2D eigenvalue weighted by Crippen LogP contribution is 2.46. The molecule has 0 aliphatic carbocycles. The second kappa shape index (κ2) is 10.0. The van der Waals surface area contributed by atoms with Crippen molar-refractivity contribution in [2.24, 2.45) is 0 Å². The lowest BCUT2D eigenvalue weighted by Gasteiger charge is -2.34. The molecule has 1 amide bonds. The number of hydrogen-bond acceptors (Lipinski definition) is 12. The molecular formula is C25H23NO12.